The standard InChI is InChI=1S/C37H47ClN10O3S/c1-47-32(15-23-19-43-29-8-3-2-7-27(23)29)35(50)45-20-24-14-26(48-13-10-25(41)21-48)16-28(38)33(24)52-36-22(6-5-12-42-36)18-44-30(9-4-11-39)34(49)46-31(17-40)37(47)51/h2-3,5-8,12,14,16,19,25,30-32,43-44H,4,9-11,13,15,17-18,20-21,39-41H2,1H3,(H,45,50)(H,46,49)/t25?,30-,31-,32-/m0/s1. The number of anilines is 1. The number of halogens is 1. The van der Waals surface area contributed by atoms with Crippen molar-refractivity contribution in [3.8, 4) is 0 Å². The van der Waals surface area contributed by atoms with Crippen molar-refractivity contribution in [2.45, 2.75) is 72.9 Å². The van der Waals surface area contributed by atoms with Gasteiger partial charge in [0.1, 0.15) is 17.1 Å². The van der Waals surface area contributed by atoms with Gasteiger partial charge in [0.25, 0.3) is 0 Å². The van der Waals surface area contributed by atoms with E-state index >= 15 is 0 Å². The van der Waals surface area contributed by atoms with Gasteiger partial charge in [-0.3, -0.25) is 14.4 Å². The Labute approximate surface area is 312 Å². The zero-order valence-corrected chi connectivity index (χ0v) is 30.8. The fourth-order valence-electron chi connectivity index (χ4n) is 6.82. The molecule has 1 saturated heterocycles. The van der Waals surface area contributed by atoms with Gasteiger partial charge in [0, 0.05) is 86.1 Å². The lowest BCUT2D eigenvalue weighted by molar-refractivity contribution is -0.141. The fourth-order valence-corrected chi connectivity index (χ4v) is 8.17. The number of aromatic nitrogens is 2. The number of benzene rings is 2. The molecule has 0 saturated carbocycles. The molecule has 10 N–H and O–H groups in total. The molecule has 1 unspecified atom stereocenters. The van der Waals surface area contributed by atoms with Crippen molar-refractivity contribution < 1.29 is 14.4 Å². The molecule has 1 fully saturated rings. The average Bonchev–Trinajstić information content (AvgIpc) is 3.78. The summed E-state index contributed by atoms with van der Waals surface area (Å²) in [6, 6.07) is 13.0. The maximum Gasteiger partial charge on any atom is 0.246 e. The summed E-state index contributed by atoms with van der Waals surface area (Å²) in [6.07, 6.45) is 5.68. The number of carbonyl (C=O) groups is 3. The molecule has 15 heteroatoms. The van der Waals surface area contributed by atoms with E-state index < -0.39 is 24.0 Å². The normalized spacial score (nSPS) is 22.1. The summed E-state index contributed by atoms with van der Waals surface area (Å²) in [5.41, 5.74) is 22.6. The third kappa shape index (κ3) is 8.54. The zero-order valence-electron chi connectivity index (χ0n) is 29.2. The van der Waals surface area contributed by atoms with Crippen LogP contribution >= 0.6 is 23.4 Å². The topological polar surface area (TPSA) is 201 Å². The summed E-state index contributed by atoms with van der Waals surface area (Å²) < 4.78 is 0. The molecular formula is C37H47ClN10O3S. The van der Waals surface area contributed by atoms with Crippen molar-refractivity contribution in [2.75, 3.05) is 38.1 Å². The van der Waals surface area contributed by atoms with Gasteiger partial charge >= 0.3 is 0 Å². The first kappa shape index (κ1) is 37.6. The Balaban J connectivity index is 1.42. The van der Waals surface area contributed by atoms with Crippen LogP contribution in [0.5, 0.6) is 0 Å². The number of amides is 3. The Hall–Kier alpha value is -4.18. The highest BCUT2D eigenvalue weighted by molar-refractivity contribution is 7.99. The third-order valence-corrected chi connectivity index (χ3v) is 11.5. The van der Waals surface area contributed by atoms with Crippen LogP contribution in [-0.2, 0) is 33.9 Å². The number of para-hydroxylation sites is 1. The molecule has 6 rings (SSSR count). The predicted octanol–water partition coefficient (Wildman–Crippen LogP) is 2.25. The predicted molar refractivity (Wildman–Crippen MR) is 205 cm³/mol. The van der Waals surface area contributed by atoms with E-state index in [9.17, 15) is 14.4 Å². The molecule has 4 heterocycles. The first-order valence-corrected chi connectivity index (χ1v) is 18.8. The van der Waals surface area contributed by atoms with Gasteiger partial charge in [-0.1, -0.05) is 47.6 Å². The molecule has 13 nitrogen and oxygen atoms in total. The number of nitrogens with two attached hydrogens (primary N) is 3. The number of hydrogen-bond acceptors (Lipinski definition) is 10. The molecule has 2 aromatic heterocycles. The van der Waals surface area contributed by atoms with Crippen LogP contribution in [0.25, 0.3) is 10.9 Å². The summed E-state index contributed by atoms with van der Waals surface area (Å²) in [7, 11) is 1.58. The second-order valence-electron chi connectivity index (χ2n) is 13.4. The summed E-state index contributed by atoms with van der Waals surface area (Å²) in [5.74, 6) is -1.22. The number of carbonyl (C=O) groups excluding carboxylic acids is 3. The molecule has 3 amide bonds. The molecule has 52 heavy (non-hydrogen) atoms. The van der Waals surface area contributed by atoms with Gasteiger partial charge in [-0.05, 0) is 66.8 Å². The van der Waals surface area contributed by atoms with E-state index in [1.165, 1.54) is 16.7 Å². The summed E-state index contributed by atoms with van der Waals surface area (Å²) in [5, 5.41) is 11.5. The van der Waals surface area contributed by atoms with E-state index in [1.807, 2.05) is 54.7 Å². The third-order valence-electron chi connectivity index (χ3n) is 9.81. The number of likely N-dealkylation sites (N-methyl/N-ethyl adjacent to an activating group) is 1. The van der Waals surface area contributed by atoms with Crippen LogP contribution in [0.15, 0.2) is 70.8 Å². The second kappa shape index (κ2) is 17.1. The highest BCUT2D eigenvalue weighted by Crippen LogP contribution is 2.40. The SMILES string of the molecule is CN1C(=O)[C@H](CN)NC(=O)[C@H](CCCN)NCc2cccnc2Sc2c(Cl)cc(N3CCC(N)C3)cc2CNC(=O)[C@@H]1Cc1c[nH]c2ccccc12. The molecule has 0 radical (unpaired) electrons. The summed E-state index contributed by atoms with van der Waals surface area (Å²) >= 11 is 8.48. The van der Waals surface area contributed by atoms with Crippen molar-refractivity contribution in [2.24, 2.45) is 17.2 Å². The Morgan fingerprint density at radius 1 is 1.02 bits per heavy atom. The lowest BCUT2D eigenvalue weighted by Gasteiger charge is -2.31. The zero-order chi connectivity index (χ0) is 36.8. The minimum absolute atomic E-state index is 0.0629. The number of hydrogen-bond donors (Lipinski definition) is 7. The van der Waals surface area contributed by atoms with Gasteiger partial charge < -0.3 is 47.9 Å². The highest BCUT2D eigenvalue weighted by Gasteiger charge is 2.34. The van der Waals surface area contributed by atoms with Gasteiger partial charge in [0.2, 0.25) is 17.7 Å². The second-order valence-corrected chi connectivity index (χ2v) is 14.8. The maximum absolute atomic E-state index is 14.4. The van der Waals surface area contributed by atoms with Crippen LogP contribution in [0.1, 0.15) is 36.0 Å². The minimum atomic E-state index is -1.06. The lowest BCUT2D eigenvalue weighted by atomic mass is 10.0. The molecule has 0 bridgehead atoms. The van der Waals surface area contributed by atoms with Crippen molar-refractivity contribution in [1.29, 1.82) is 0 Å². The Morgan fingerprint density at radius 2 is 1.85 bits per heavy atom. The summed E-state index contributed by atoms with van der Waals surface area (Å²) in [4.78, 5) is 54.5. The smallest absolute Gasteiger partial charge is 0.246 e. The average molecular weight is 747 g/mol. The van der Waals surface area contributed by atoms with Gasteiger partial charge in [-0.25, -0.2) is 4.98 Å². The van der Waals surface area contributed by atoms with Crippen LogP contribution in [0.2, 0.25) is 5.02 Å². The van der Waals surface area contributed by atoms with Crippen molar-refractivity contribution >= 4 is 57.7 Å². The molecule has 0 aliphatic carbocycles. The number of rotatable bonds is 7. The highest BCUT2D eigenvalue weighted by atomic mass is 35.5. The Kier molecular flexibility index (Phi) is 12.4. The first-order chi connectivity index (χ1) is 25.2. The van der Waals surface area contributed by atoms with Gasteiger partial charge in [-0.15, -0.1) is 0 Å². The largest absolute Gasteiger partial charge is 0.370 e. The van der Waals surface area contributed by atoms with E-state index in [0.29, 0.717) is 42.5 Å². The van der Waals surface area contributed by atoms with Crippen LogP contribution in [0, 0.1) is 0 Å². The molecule has 2 aliphatic rings. The van der Waals surface area contributed by atoms with Crippen molar-refractivity contribution in [1.82, 2.24) is 30.8 Å². The van der Waals surface area contributed by atoms with Gasteiger partial charge in [-0.2, -0.15) is 0 Å². The van der Waals surface area contributed by atoms with E-state index in [1.54, 1.807) is 13.2 Å². The maximum atomic E-state index is 14.4. The minimum Gasteiger partial charge on any atom is -0.370 e. The monoisotopic (exact) mass is 746 g/mol. The number of fused-ring (bicyclic) bond motifs is 3. The number of H-pyrrole nitrogens is 1. The Bertz CT molecular complexity index is 1910. The van der Waals surface area contributed by atoms with Crippen LogP contribution < -0.4 is 38.1 Å². The molecule has 0 spiro atoms. The molecular weight excluding hydrogens is 700 g/mol. The lowest BCUT2D eigenvalue weighted by Crippen LogP contribution is -2.59. The van der Waals surface area contributed by atoms with Crippen LogP contribution in [-0.4, -0.2) is 90.0 Å². The van der Waals surface area contributed by atoms with E-state index in [2.05, 4.69) is 25.8 Å². The van der Waals surface area contributed by atoms with E-state index in [4.69, 9.17) is 33.8 Å². The fraction of sp³-hybridized carbons (Fsp3) is 0.405. The Morgan fingerprint density at radius 3 is 2.62 bits per heavy atom. The first-order valence-electron chi connectivity index (χ1n) is 17.6. The molecule has 276 valence electrons. The van der Waals surface area contributed by atoms with E-state index in [-0.39, 0.29) is 37.4 Å². The van der Waals surface area contributed by atoms with E-state index in [0.717, 1.165) is 51.1 Å². The van der Waals surface area contributed by atoms with Gasteiger partial charge in [0.15, 0.2) is 0 Å². The molecule has 4 aromatic rings. The summed E-state index contributed by atoms with van der Waals surface area (Å²) in [6.45, 7) is 2.20. The number of aromatic amines is 1. The van der Waals surface area contributed by atoms with Crippen molar-refractivity contribution in [3.05, 3.63) is 82.6 Å². The molecule has 4 atom stereocenters. The molecule has 2 aliphatic heterocycles. The van der Waals surface area contributed by atoms with Gasteiger partial charge in [0.05, 0.1) is 11.1 Å². The quantitative estimate of drug-likeness (QED) is 0.147. The number of nitrogens with zero attached hydrogens (tertiary/aromatic N) is 3. The number of pyridine rings is 1. The molecule has 2 aromatic carbocycles. The van der Waals surface area contributed by atoms with Crippen molar-refractivity contribution in [3.63, 3.8) is 0 Å². The van der Waals surface area contributed by atoms with Crippen LogP contribution in [0.3, 0.4) is 0 Å². The number of nitrogens with one attached hydrogen (secondary N) is 4. The van der Waals surface area contributed by atoms with Crippen LogP contribution in [0.4, 0.5) is 5.69 Å².